The molecule has 4 nitrogen and oxygen atoms in total. The van der Waals surface area contributed by atoms with E-state index in [2.05, 4.69) is 27.0 Å². The molecule has 2 rings (SSSR count). The van der Waals surface area contributed by atoms with Crippen LogP contribution in [0.2, 0.25) is 4.47 Å². The van der Waals surface area contributed by atoms with E-state index < -0.39 is 0 Å². The average molecular weight is 288 g/mol. The Morgan fingerprint density at radius 2 is 2.41 bits per heavy atom. The number of carbonyl (C=O) groups is 1. The summed E-state index contributed by atoms with van der Waals surface area (Å²) in [5, 5.41) is 14.5. The van der Waals surface area contributed by atoms with E-state index in [0.717, 1.165) is 17.8 Å². The Hall–Kier alpha value is -0.980. The maximum atomic E-state index is 11.7. The number of hydrogen-bond acceptors (Lipinski definition) is 5. The van der Waals surface area contributed by atoms with Gasteiger partial charge in [-0.15, -0.1) is 10.2 Å². The van der Waals surface area contributed by atoms with Gasteiger partial charge in [-0.2, -0.15) is 11.3 Å². The van der Waals surface area contributed by atoms with Crippen molar-refractivity contribution in [2.75, 3.05) is 0 Å². The lowest BCUT2D eigenvalue weighted by Crippen LogP contribution is -2.33. The summed E-state index contributed by atoms with van der Waals surface area (Å²) in [4.78, 5) is 11.7. The summed E-state index contributed by atoms with van der Waals surface area (Å²) < 4.78 is 0.278. The minimum atomic E-state index is -0.225. The molecular weight excluding hydrogens is 278 g/mol. The summed E-state index contributed by atoms with van der Waals surface area (Å²) in [5.74, 6) is -0.225. The van der Waals surface area contributed by atoms with Crippen molar-refractivity contribution in [1.29, 1.82) is 0 Å². The summed E-state index contributed by atoms with van der Waals surface area (Å²) >= 11 is 8.35. The van der Waals surface area contributed by atoms with Gasteiger partial charge in [0.25, 0.3) is 5.91 Å². The number of nitrogens with one attached hydrogen (secondary N) is 1. The van der Waals surface area contributed by atoms with Crippen molar-refractivity contribution < 1.29 is 4.79 Å². The molecular formula is C10H10ClN3OS2. The number of nitrogens with zero attached hydrogens (tertiary/aromatic N) is 2. The first-order valence-electron chi connectivity index (χ1n) is 4.96. The van der Waals surface area contributed by atoms with Crippen molar-refractivity contribution in [1.82, 2.24) is 15.5 Å². The number of amides is 1. The molecule has 0 spiro atoms. The van der Waals surface area contributed by atoms with Crippen LogP contribution in [0.25, 0.3) is 0 Å². The third-order valence-electron chi connectivity index (χ3n) is 2.09. The summed E-state index contributed by atoms with van der Waals surface area (Å²) in [6.07, 6.45) is 0.807. The Labute approximate surface area is 112 Å². The van der Waals surface area contributed by atoms with Crippen molar-refractivity contribution >= 4 is 40.2 Å². The first kappa shape index (κ1) is 12.5. The largest absolute Gasteiger partial charge is 0.347 e. The smallest absolute Gasteiger partial charge is 0.282 e. The predicted octanol–water partition coefficient (Wildman–Crippen LogP) is 2.61. The van der Waals surface area contributed by atoms with Crippen LogP contribution in [0.15, 0.2) is 16.8 Å². The Balaban J connectivity index is 1.90. The summed E-state index contributed by atoms with van der Waals surface area (Å²) in [7, 11) is 0. The lowest BCUT2D eigenvalue weighted by molar-refractivity contribution is 0.0939. The second-order valence-electron chi connectivity index (χ2n) is 3.57. The molecule has 2 aromatic rings. The van der Waals surface area contributed by atoms with Crippen LogP contribution >= 0.6 is 34.3 Å². The number of thiophene rings is 1. The monoisotopic (exact) mass is 287 g/mol. The van der Waals surface area contributed by atoms with Gasteiger partial charge < -0.3 is 5.32 Å². The second kappa shape index (κ2) is 5.57. The Morgan fingerprint density at radius 1 is 1.59 bits per heavy atom. The van der Waals surface area contributed by atoms with Crippen LogP contribution in [0.3, 0.4) is 0 Å². The van der Waals surface area contributed by atoms with Gasteiger partial charge in [-0.1, -0.05) is 11.3 Å². The van der Waals surface area contributed by atoms with Gasteiger partial charge in [0, 0.05) is 6.04 Å². The van der Waals surface area contributed by atoms with Gasteiger partial charge in [-0.05, 0) is 47.3 Å². The average Bonchev–Trinajstić information content (AvgIpc) is 2.89. The molecule has 0 aliphatic rings. The molecule has 1 atom stereocenters. The van der Waals surface area contributed by atoms with Crippen LogP contribution in [0.1, 0.15) is 22.3 Å². The van der Waals surface area contributed by atoms with Gasteiger partial charge in [0.2, 0.25) is 9.47 Å². The number of halogens is 1. The van der Waals surface area contributed by atoms with Gasteiger partial charge in [0.05, 0.1) is 0 Å². The maximum absolute atomic E-state index is 11.7. The zero-order valence-corrected chi connectivity index (χ0v) is 11.4. The van der Waals surface area contributed by atoms with Gasteiger partial charge in [0.15, 0.2) is 0 Å². The van der Waals surface area contributed by atoms with E-state index in [4.69, 9.17) is 11.6 Å². The molecule has 0 bridgehead atoms. The molecule has 2 aromatic heterocycles. The number of aromatic nitrogens is 2. The van der Waals surface area contributed by atoms with Crippen LogP contribution in [0.5, 0.6) is 0 Å². The third-order valence-corrected chi connectivity index (χ3v) is 3.84. The molecule has 0 saturated carbocycles. The normalized spacial score (nSPS) is 12.4. The molecule has 2 heterocycles. The lowest BCUT2D eigenvalue weighted by atomic mass is 10.1. The topological polar surface area (TPSA) is 54.9 Å². The minimum Gasteiger partial charge on any atom is -0.347 e. The van der Waals surface area contributed by atoms with Gasteiger partial charge in [0.1, 0.15) is 0 Å². The van der Waals surface area contributed by atoms with E-state index in [1.807, 2.05) is 12.3 Å². The molecule has 0 saturated heterocycles. The molecule has 90 valence electrons. The number of hydrogen-bond donors (Lipinski definition) is 1. The zero-order valence-electron chi connectivity index (χ0n) is 9.01. The summed E-state index contributed by atoms with van der Waals surface area (Å²) in [5.41, 5.74) is 1.22. The molecule has 0 aromatic carbocycles. The van der Waals surface area contributed by atoms with E-state index in [1.165, 1.54) is 5.56 Å². The molecule has 0 aliphatic carbocycles. The van der Waals surface area contributed by atoms with Crippen LogP contribution in [-0.2, 0) is 6.42 Å². The van der Waals surface area contributed by atoms with Crippen molar-refractivity contribution in [2.24, 2.45) is 0 Å². The van der Waals surface area contributed by atoms with Gasteiger partial charge in [-0.3, -0.25) is 4.79 Å². The Kier molecular flexibility index (Phi) is 4.09. The molecule has 17 heavy (non-hydrogen) atoms. The highest BCUT2D eigenvalue weighted by molar-refractivity contribution is 7.17. The molecule has 0 radical (unpaired) electrons. The first-order chi connectivity index (χ1) is 8.15. The predicted molar refractivity (Wildman–Crippen MR) is 69.9 cm³/mol. The highest BCUT2D eigenvalue weighted by atomic mass is 35.5. The van der Waals surface area contributed by atoms with Crippen molar-refractivity contribution in [3.05, 3.63) is 31.9 Å². The van der Waals surface area contributed by atoms with E-state index in [1.54, 1.807) is 11.3 Å². The van der Waals surface area contributed by atoms with Gasteiger partial charge >= 0.3 is 0 Å². The van der Waals surface area contributed by atoms with Crippen molar-refractivity contribution in [3.8, 4) is 0 Å². The standard InChI is InChI=1S/C10H10ClN3OS2/c1-6(4-7-2-3-16-5-7)12-8(15)9-13-14-10(11)17-9/h2-3,5-6H,4H2,1H3,(H,12,15). The SMILES string of the molecule is CC(Cc1ccsc1)NC(=O)c1nnc(Cl)s1. The van der Waals surface area contributed by atoms with E-state index >= 15 is 0 Å². The maximum Gasteiger partial charge on any atom is 0.282 e. The third kappa shape index (κ3) is 3.49. The van der Waals surface area contributed by atoms with Crippen LogP contribution in [-0.4, -0.2) is 22.1 Å². The first-order valence-corrected chi connectivity index (χ1v) is 7.10. The van der Waals surface area contributed by atoms with E-state index in [0.29, 0.717) is 5.01 Å². The van der Waals surface area contributed by atoms with Crippen LogP contribution in [0, 0.1) is 0 Å². The highest BCUT2D eigenvalue weighted by Gasteiger charge is 2.14. The number of rotatable bonds is 4. The highest BCUT2D eigenvalue weighted by Crippen LogP contribution is 2.15. The molecule has 0 fully saturated rings. The van der Waals surface area contributed by atoms with E-state index in [-0.39, 0.29) is 16.4 Å². The fourth-order valence-corrected chi connectivity index (χ4v) is 2.81. The molecule has 1 amide bonds. The fraction of sp³-hybridized carbons (Fsp3) is 0.300. The number of carbonyl (C=O) groups excluding carboxylic acids is 1. The van der Waals surface area contributed by atoms with E-state index in [9.17, 15) is 4.79 Å². The van der Waals surface area contributed by atoms with Crippen molar-refractivity contribution in [2.45, 2.75) is 19.4 Å². The zero-order chi connectivity index (χ0) is 12.3. The minimum absolute atomic E-state index is 0.0553. The Morgan fingerprint density at radius 3 is 3.00 bits per heavy atom. The van der Waals surface area contributed by atoms with Crippen molar-refractivity contribution in [3.63, 3.8) is 0 Å². The Bertz CT molecular complexity index is 497. The van der Waals surface area contributed by atoms with Gasteiger partial charge in [-0.25, -0.2) is 0 Å². The summed E-state index contributed by atoms with van der Waals surface area (Å²) in [6.45, 7) is 1.96. The second-order valence-corrected chi connectivity index (χ2v) is 5.91. The summed E-state index contributed by atoms with van der Waals surface area (Å²) in [6, 6.07) is 2.11. The molecule has 1 N–H and O–H groups in total. The quantitative estimate of drug-likeness (QED) is 0.940. The lowest BCUT2D eigenvalue weighted by Gasteiger charge is -2.11. The fourth-order valence-electron chi connectivity index (χ4n) is 1.40. The molecule has 7 heteroatoms. The van der Waals surface area contributed by atoms with Crippen LogP contribution < -0.4 is 5.32 Å². The van der Waals surface area contributed by atoms with Crippen LogP contribution in [0.4, 0.5) is 0 Å². The molecule has 0 aliphatic heterocycles. The molecule has 1 unspecified atom stereocenters.